The number of hydrogen-bond donors (Lipinski definition) is 1. The van der Waals surface area contributed by atoms with Crippen molar-refractivity contribution >= 4 is 15.9 Å². The predicted molar refractivity (Wildman–Crippen MR) is 76.1 cm³/mol. The molecule has 0 bridgehead atoms. The van der Waals surface area contributed by atoms with Crippen LogP contribution >= 0.6 is 15.9 Å². The van der Waals surface area contributed by atoms with Gasteiger partial charge in [-0.3, -0.25) is 4.90 Å². The molecule has 1 saturated heterocycles. The molecule has 0 amide bonds. The second-order valence-corrected chi connectivity index (χ2v) is 5.77. The van der Waals surface area contributed by atoms with Crippen LogP contribution in [-0.4, -0.2) is 30.6 Å². The Kier molecular flexibility index (Phi) is 5.15. The van der Waals surface area contributed by atoms with Crippen molar-refractivity contribution in [2.24, 2.45) is 0 Å². The number of hydrogen-bond acceptors (Lipinski definition) is 2. The van der Waals surface area contributed by atoms with Crippen LogP contribution < -0.4 is 5.32 Å². The van der Waals surface area contributed by atoms with Crippen molar-refractivity contribution in [2.45, 2.75) is 32.4 Å². The van der Waals surface area contributed by atoms with Gasteiger partial charge < -0.3 is 5.32 Å². The van der Waals surface area contributed by atoms with Crippen molar-refractivity contribution in [1.29, 1.82) is 0 Å². The molecular formula is C14H20BrFN2. The molecule has 0 radical (unpaired) electrons. The minimum absolute atomic E-state index is 0.123. The molecule has 18 heavy (non-hydrogen) atoms. The zero-order chi connectivity index (χ0) is 13.0. The van der Waals surface area contributed by atoms with Crippen LogP contribution in [0.3, 0.4) is 0 Å². The fourth-order valence-corrected chi connectivity index (χ4v) is 2.75. The smallest absolute Gasteiger partial charge is 0.128 e. The van der Waals surface area contributed by atoms with Gasteiger partial charge in [0.2, 0.25) is 0 Å². The van der Waals surface area contributed by atoms with Gasteiger partial charge in [0.1, 0.15) is 5.82 Å². The number of nitrogens with zero attached hydrogens (tertiary/aromatic N) is 1. The lowest BCUT2D eigenvalue weighted by molar-refractivity contribution is 0.250. The van der Waals surface area contributed by atoms with E-state index in [0.717, 1.165) is 29.7 Å². The number of halogens is 2. The van der Waals surface area contributed by atoms with E-state index in [1.807, 2.05) is 12.1 Å². The van der Waals surface area contributed by atoms with E-state index in [2.05, 4.69) is 33.1 Å². The average molecular weight is 315 g/mol. The van der Waals surface area contributed by atoms with Gasteiger partial charge in [0.25, 0.3) is 0 Å². The normalized spacial score (nSPS) is 19.7. The summed E-state index contributed by atoms with van der Waals surface area (Å²) in [6.07, 6.45) is 2.49. The first-order valence-electron chi connectivity index (χ1n) is 6.58. The second kappa shape index (κ2) is 6.64. The molecule has 0 aromatic heterocycles. The summed E-state index contributed by atoms with van der Waals surface area (Å²) < 4.78 is 14.6. The summed E-state index contributed by atoms with van der Waals surface area (Å²) >= 11 is 3.29. The molecule has 1 atom stereocenters. The van der Waals surface area contributed by atoms with Gasteiger partial charge in [-0.15, -0.1) is 0 Å². The minimum Gasteiger partial charge on any atom is -0.313 e. The molecule has 4 heteroatoms. The van der Waals surface area contributed by atoms with E-state index in [1.165, 1.54) is 18.9 Å². The predicted octanol–water partition coefficient (Wildman–Crippen LogP) is 3.16. The number of nitrogens with one attached hydrogen (secondary N) is 1. The van der Waals surface area contributed by atoms with Crippen LogP contribution in [-0.2, 0) is 6.54 Å². The monoisotopic (exact) mass is 314 g/mol. The molecule has 0 saturated carbocycles. The third kappa shape index (κ3) is 3.77. The average Bonchev–Trinajstić information content (AvgIpc) is 2.84. The first kappa shape index (κ1) is 14.0. The molecule has 1 aromatic carbocycles. The van der Waals surface area contributed by atoms with Gasteiger partial charge in [-0.1, -0.05) is 28.9 Å². The standard InChI is InChI=1S/C14H20BrFN2/c1-2-18(10-13-4-3-7-17-13)9-11-5-6-12(15)8-14(11)16/h5-6,8,13,17H,2-4,7,9-10H2,1H3. The first-order chi connectivity index (χ1) is 8.69. The summed E-state index contributed by atoms with van der Waals surface area (Å²) in [6, 6.07) is 5.88. The van der Waals surface area contributed by atoms with E-state index in [1.54, 1.807) is 0 Å². The van der Waals surface area contributed by atoms with E-state index >= 15 is 0 Å². The van der Waals surface area contributed by atoms with E-state index in [4.69, 9.17) is 0 Å². The number of benzene rings is 1. The Morgan fingerprint density at radius 3 is 2.94 bits per heavy atom. The molecule has 0 aliphatic carbocycles. The molecule has 1 aliphatic heterocycles. The van der Waals surface area contributed by atoms with Gasteiger partial charge in [0, 0.05) is 29.2 Å². The van der Waals surface area contributed by atoms with Crippen LogP contribution in [0.1, 0.15) is 25.3 Å². The number of rotatable bonds is 5. The van der Waals surface area contributed by atoms with E-state index in [-0.39, 0.29) is 5.82 Å². The summed E-state index contributed by atoms with van der Waals surface area (Å²) in [5.74, 6) is -0.123. The highest BCUT2D eigenvalue weighted by Crippen LogP contribution is 2.17. The highest BCUT2D eigenvalue weighted by atomic mass is 79.9. The van der Waals surface area contributed by atoms with Gasteiger partial charge in [-0.25, -0.2) is 4.39 Å². The van der Waals surface area contributed by atoms with Crippen molar-refractivity contribution in [3.63, 3.8) is 0 Å². The lowest BCUT2D eigenvalue weighted by Gasteiger charge is -2.24. The molecule has 100 valence electrons. The zero-order valence-corrected chi connectivity index (χ0v) is 12.3. The fourth-order valence-electron chi connectivity index (χ4n) is 2.42. The van der Waals surface area contributed by atoms with Crippen LogP contribution in [0, 0.1) is 5.82 Å². The van der Waals surface area contributed by atoms with Gasteiger partial charge >= 0.3 is 0 Å². The Labute approximate surface area is 117 Å². The highest BCUT2D eigenvalue weighted by Gasteiger charge is 2.17. The van der Waals surface area contributed by atoms with Crippen LogP contribution in [0.25, 0.3) is 0 Å². The summed E-state index contributed by atoms with van der Waals surface area (Å²) in [7, 11) is 0. The Hall–Kier alpha value is -0.450. The largest absolute Gasteiger partial charge is 0.313 e. The minimum atomic E-state index is -0.123. The molecule has 0 spiro atoms. The quantitative estimate of drug-likeness (QED) is 0.898. The van der Waals surface area contributed by atoms with Gasteiger partial charge in [0.15, 0.2) is 0 Å². The topological polar surface area (TPSA) is 15.3 Å². The van der Waals surface area contributed by atoms with Crippen molar-refractivity contribution in [2.75, 3.05) is 19.6 Å². The van der Waals surface area contributed by atoms with Gasteiger partial charge in [-0.05, 0) is 38.1 Å². The molecule has 1 unspecified atom stereocenters. The molecule has 1 fully saturated rings. The van der Waals surface area contributed by atoms with Crippen molar-refractivity contribution in [3.8, 4) is 0 Å². The summed E-state index contributed by atoms with van der Waals surface area (Å²) in [4.78, 5) is 2.30. The Balaban J connectivity index is 1.96. The van der Waals surface area contributed by atoms with E-state index < -0.39 is 0 Å². The van der Waals surface area contributed by atoms with E-state index in [0.29, 0.717) is 12.6 Å². The third-order valence-electron chi connectivity index (χ3n) is 3.50. The molecule has 1 aromatic rings. The van der Waals surface area contributed by atoms with Crippen LogP contribution in [0.2, 0.25) is 0 Å². The number of likely N-dealkylation sites (N-methyl/N-ethyl adjacent to an activating group) is 1. The molecule has 1 heterocycles. The van der Waals surface area contributed by atoms with Crippen LogP contribution in [0.4, 0.5) is 4.39 Å². The summed E-state index contributed by atoms with van der Waals surface area (Å²) in [5, 5.41) is 3.49. The molecule has 1 N–H and O–H groups in total. The van der Waals surface area contributed by atoms with Crippen molar-refractivity contribution in [1.82, 2.24) is 10.2 Å². The summed E-state index contributed by atoms with van der Waals surface area (Å²) in [5.41, 5.74) is 0.776. The third-order valence-corrected chi connectivity index (χ3v) is 3.99. The SMILES string of the molecule is CCN(Cc1ccc(Br)cc1F)CC1CCCN1. The highest BCUT2D eigenvalue weighted by molar-refractivity contribution is 9.10. The maximum atomic E-state index is 13.8. The van der Waals surface area contributed by atoms with Gasteiger partial charge in [-0.2, -0.15) is 0 Å². The molecular weight excluding hydrogens is 295 g/mol. The second-order valence-electron chi connectivity index (χ2n) is 4.86. The molecule has 1 aliphatic rings. The lowest BCUT2D eigenvalue weighted by Crippen LogP contribution is -2.37. The molecule has 2 rings (SSSR count). The van der Waals surface area contributed by atoms with Crippen LogP contribution in [0.5, 0.6) is 0 Å². The Morgan fingerprint density at radius 2 is 2.33 bits per heavy atom. The van der Waals surface area contributed by atoms with E-state index in [9.17, 15) is 4.39 Å². The molecule has 2 nitrogen and oxygen atoms in total. The Bertz CT molecular complexity index is 391. The Morgan fingerprint density at radius 1 is 1.50 bits per heavy atom. The van der Waals surface area contributed by atoms with Crippen molar-refractivity contribution < 1.29 is 4.39 Å². The van der Waals surface area contributed by atoms with Crippen molar-refractivity contribution in [3.05, 3.63) is 34.1 Å². The maximum absolute atomic E-state index is 13.8. The van der Waals surface area contributed by atoms with Gasteiger partial charge in [0.05, 0.1) is 0 Å². The van der Waals surface area contributed by atoms with Crippen LogP contribution in [0.15, 0.2) is 22.7 Å². The lowest BCUT2D eigenvalue weighted by atomic mass is 10.1. The maximum Gasteiger partial charge on any atom is 0.128 e. The first-order valence-corrected chi connectivity index (χ1v) is 7.38. The fraction of sp³-hybridized carbons (Fsp3) is 0.571. The summed E-state index contributed by atoms with van der Waals surface area (Å²) in [6.45, 7) is 5.90. The zero-order valence-electron chi connectivity index (χ0n) is 10.8.